The maximum absolute atomic E-state index is 14.0. The predicted molar refractivity (Wildman–Crippen MR) is 254 cm³/mol. The fourth-order valence-corrected chi connectivity index (χ4v) is 10.1. The van der Waals surface area contributed by atoms with Gasteiger partial charge in [0.15, 0.2) is 0 Å². The molecule has 0 spiro atoms. The fourth-order valence-electron chi connectivity index (χ4n) is 10.1. The minimum atomic E-state index is -4.56. The summed E-state index contributed by atoms with van der Waals surface area (Å²) in [6.45, 7) is 5.79. The van der Waals surface area contributed by atoms with Crippen molar-refractivity contribution < 1.29 is 51.4 Å². The molecule has 4 aliphatic rings. The van der Waals surface area contributed by atoms with Gasteiger partial charge in [0.25, 0.3) is 0 Å². The third-order valence-corrected chi connectivity index (χ3v) is 13.9. The molecule has 3 aromatic rings. The van der Waals surface area contributed by atoms with Crippen molar-refractivity contribution >= 4 is 52.2 Å². The number of rotatable bonds is 21. The lowest BCUT2D eigenvalue weighted by atomic mass is 9.83. The van der Waals surface area contributed by atoms with Gasteiger partial charge < -0.3 is 51.2 Å². The lowest BCUT2D eigenvalue weighted by Gasteiger charge is -2.42. The number of anilines is 1. The van der Waals surface area contributed by atoms with Crippen molar-refractivity contribution in [3.8, 4) is 0 Å². The first-order valence-corrected chi connectivity index (χ1v) is 24.6. The average Bonchev–Trinajstić information content (AvgIpc) is 3.86. The Morgan fingerprint density at radius 1 is 0.873 bits per heavy atom. The molecule has 4 heterocycles. The lowest BCUT2D eigenvalue weighted by Crippen LogP contribution is -2.59. The monoisotopic (exact) mass is 994 g/mol. The molecule has 6 amide bonds. The van der Waals surface area contributed by atoms with E-state index in [9.17, 15) is 41.9 Å². The maximum atomic E-state index is 14.0. The van der Waals surface area contributed by atoms with Crippen molar-refractivity contribution in [2.45, 2.75) is 114 Å². The van der Waals surface area contributed by atoms with Crippen LogP contribution >= 0.6 is 0 Å². The zero-order valence-electron chi connectivity index (χ0n) is 40.5. The third-order valence-electron chi connectivity index (χ3n) is 13.9. The number of nitrogens with zero attached hydrogens (tertiary/aromatic N) is 5. The summed E-state index contributed by atoms with van der Waals surface area (Å²) in [6.07, 6.45) is 4.87. The smallest absolute Gasteiger partial charge is 0.377 e. The molecule has 4 fully saturated rings. The van der Waals surface area contributed by atoms with Gasteiger partial charge >= 0.3 is 6.18 Å². The van der Waals surface area contributed by atoms with Crippen LogP contribution in [0.2, 0.25) is 0 Å². The molecule has 2 saturated carbocycles. The Kier molecular flexibility index (Phi) is 18.2. The van der Waals surface area contributed by atoms with Crippen LogP contribution in [0.25, 0.3) is 10.9 Å². The molecule has 0 bridgehead atoms. The van der Waals surface area contributed by atoms with Crippen LogP contribution in [0.5, 0.6) is 0 Å². The Labute approximate surface area is 410 Å². The number of amides is 6. The Morgan fingerprint density at radius 2 is 1.65 bits per heavy atom. The van der Waals surface area contributed by atoms with Gasteiger partial charge in [-0.2, -0.15) is 13.2 Å². The molecule has 19 nitrogen and oxygen atoms in total. The number of hydrogen-bond acceptors (Lipinski definition) is 13. The Bertz CT molecular complexity index is 2340. The number of likely N-dealkylation sites (tertiary alicyclic amines) is 2. The minimum Gasteiger partial charge on any atom is -0.377 e. The molecular formula is C49H66F3N11O8. The highest BCUT2D eigenvalue weighted by Crippen LogP contribution is 2.37. The first-order chi connectivity index (χ1) is 34.0. The molecule has 2 aliphatic carbocycles. The number of carbonyl (C=O) groups excluding carboxylic acids is 6. The summed E-state index contributed by atoms with van der Waals surface area (Å²) >= 11 is 0. The molecule has 2 aliphatic heterocycles. The quantitative estimate of drug-likeness (QED) is 0.0844. The second kappa shape index (κ2) is 24.4. The van der Waals surface area contributed by atoms with Gasteiger partial charge in [-0.05, 0) is 93.7 Å². The summed E-state index contributed by atoms with van der Waals surface area (Å²) in [6, 6.07) is 5.06. The van der Waals surface area contributed by atoms with Crippen molar-refractivity contribution in [3.63, 3.8) is 0 Å². The molecule has 1 aromatic carbocycles. The molecule has 0 radical (unpaired) electrons. The molecular weight excluding hydrogens is 928 g/mol. The number of carbonyl (C=O) groups is 6. The van der Waals surface area contributed by atoms with E-state index in [0.29, 0.717) is 62.9 Å². The third kappa shape index (κ3) is 14.1. The van der Waals surface area contributed by atoms with Crippen LogP contribution < -0.4 is 31.9 Å². The largest absolute Gasteiger partial charge is 0.416 e. The highest BCUT2D eigenvalue weighted by Gasteiger charge is 2.45. The highest BCUT2D eigenvalue weighted by atomic mass is 19.4. The van der Waals surface area contributed by atoms with E-state index in [1.165, 1.54) is 17.3 Å². The molecule has 6 N–H and O–H groups in total. The normalized spacial score (nSPS) is 24.8. The van der Waals surface area contributed by atoms with Crippen molar-refractivity contribution in [3.05, 3.63) is 60.2 Å². The summed E-state index contributed by atoms with van der Waals surface area (Å²) in [7, 11) is 1.64. The maximum Gasteiger partial charge on any atom is 0.416 e. The number of nitrogens with one attached hydrogen (secondary N) is 6. The van der Waals surface area contributed by atoms with Gasteiger partial charge in [0.1, 0.15) is 24.8 Å². The van der Waals surface area contributed by atoms with E-state index < -0.39 is 41.6 Å². The summed E-state index contributed by atoms with van der Waals surface area (Å²) in [5, 5.41) is 18.5. The summed E-state index contributed by atoms with van der Waals surface area (Å²) in [4.78, 5) is 94.1. The molecule has 6 atom stereocenters. The molecule has 7 rings (SSSR count). The molecule has 2 saturated heterocycles. The van der Waals surface area contributed by atoms with Gasteiger partial charge in [0.2, 0.25) is 35.4 Å². The van der Waals surface area contributed by atoms with Crippen LogP contribution in [0.3, 0.4) is 0 Å². The van der Waals surface area contributed by atoms with Gasteiger partial charge in [-0.3, -0.25) is 33.8 Å². The number of pyridine rings is 1. The van der Waals surface area contributed by atoms with Crippen molar-refractivity contribution in [2.75, 3.05) is 65.0 Å². The standard InChI is InChI=1S/C49H66F3N11O8/c1-29(2)24-55-34-11-13-40(63-17-14-38(48(63)69)60-45-35-21-32(49(50,51)52)8-12-37(35)57-28-58-45)39(22-34)61-46(67)30-6-9-33(10-7-30)59-42(65)27-71-20-19-70-18-16-54-41(64)26-56-47(68)36-23-43(66)62(3)44(36)31-5-4-15-53-25-31/h4-5,8,12,15,21,25,28-30,33-34,36,38-40,44,55H,6-7,9-11,13-14,16-20,22-24,26-27H2,1-3H3,(H,54,64)(H,56,68)(H,59,65)(H,61,67)(H,57,58,60)/t30?,33?,34-,36+,38+,39-,40+,44-/m1/s1. The number of alkyl halides is 3. The van der Waals surface area contributed by atoms with Crippen LogP contribution in [-0.4, -0.2) is 150 Å². The molecule has 386 valence electrons. The SMILES string of the molecule is CC(C)CN[C@@H]1CC[C@H](N2CC[C@H](Nc3ncnc4ccc(C(F)(F)F)cc34)C2=O)[C@H](NC(=O)C2CCC(NC(=O)COCCOCCNC(=O)CNC(=O)[C@H]3CC(=O)N(C)[C@@H]3c3cccnc3)CC2)C1. The summed E-state index contributed by atoms with van der Waals surface area (Å²) < 4.78 is 51.7. The van der Waals surface area contributed by atoms with E-state index in [2.05, 4.69) is 60.7 Å². The molecule has 0 unspecified atom stereocenters. The number of aromatic nitrogens is 3. The Hall–Kier alpha value is -6.00. The highest BCUT2D eigenvalue weighted by molar-refractivity contribution is 5.94. The summed E-state index contributed by atoms with van der Waals surface area (Å²) in [5.74, 6) is -1.85. The average molecular weight is 994 g/mol. The molecule has 2 aromatic heterocycles. The van der Waals surface area contributed by atoms with Crippen LogP contribution in [-0.2, 0) is 44.4 Å². The van der Waals surface area contributed by atoms with Gasteiger partial charge in [-0.1, -0.05) is 19.9 Å². The van der Waals surface area contributed by atoms with Gasteiger partial charge in [0, 0.05) is 62.3 Å². The Balaban J connectivity index is 0.789. The number of hydrogen-bond donors (Lipinski definition) is 6. The Morgan fingerprint density at radius 3 is 2.39 bits per heavy atom. The van der Waals surface area contributed by atoms with Crippen LogP contribution in [0, 0.1) is 17.8 Å². The van der Waals surface area contributed by atoms with Crippen LogP contribution in [0.4, 0.5) is 19.0 Å². The van der Waals surface area contributed by atoms with E-state index in [-0.39, 0.29) is 111 Å². The van der Waals surface area contributed by atoms with E-state index in [1.54, 1.807) is 30.4 Å². The van der Waals surface area contributed by atoms with E-state index >= 15 is 0 Å². The zero-order valence-corrected chi connectivity index (χ0v) is 40.5. The molecule has 22 heteroatoms. The second-order valence-corrected chi connectivity index (χ2v) is 19.4. The number of ether oxygens (including phenoxy) is 2. The number of halogens is 3. The lowest BCUT2D eigenvalue weighted by molar-refractivity contribution is -0.137. The zero-order chi connectivity index (χ0) is 50.7. The fraction of sp³-hybridized carbons (Fsp3) is 0.612. The molecule has 71 heavy (non-hydrogen) atoms. The predicted octanol–water partition coefficient (Wildman–Crippen LogP) is 2.87. The van der Waals surface area contributed by atoms with Crippen molar-refractivity contribution in [1.29, 1.82) is 0 Å². The van der Waals surface area contributed by atoms with Gasteiger partial charge in [0.05, 0.1) is 61.5 Å². The minimum absolute atomic E-state index is 0.0379. The van der Waals surface area contributed by atoms with E-state index in [4.69, 9.17) is 9.47 Å². The van der Waals surface area contributed by atoms with Gasteiger partial charge in [-0.25, -0.2) is 9.97 Å². The first-order valence-electron chi connectivity index (χ1n) is 24.6. The second-order valence-electron chi connectivity index (χ2n) is 19.4. The van der Waals surface area contributed by atoms with Crippen LogP contribution in [0.1, 0.15) is 88.8 Å². The van der Waals surface area contributed by atoms with E-state index in [1.807, 2.05) is 6.07 Å². The van der Waals surface area contributed by atoms with Crippen LogP contribution in [0.15, 0.2) is 49.1 Å². The number of benzene rings is 1. The number of fused-ring (bicyclic) bond motifs is 1. The topological polar surface area (TPSA) is 238 Å². The van der Waals surface area contributed by atoms with Crippen molar-refractivity contribution in [1.82, 2.24) is 51.3 Å². The first kappa shape index (κ1) is 52.8. The van der Waals surface area contributed by atoms with E-state index in [0.717, 1.165) is 30.7 Å². The summed E-state index contributed by atoms with van der Waals surface area (Å²) in [5.41, 5.74) is 0.231. The van der Waals surface area contributed by atoms with Crippen molar-refractivity contribution in [2.24, 2.45) is 17.8 Å². The van der Waals surface area contributed by atoms with Gasteiger partial charge in [-0.15, -0.1) is 0 Å².